The Balaban J connectivity index is 1.35. The number of unbranched alkanes of at least 4 members (excludes halogenated alkanes) is 1. The van der Waals surface area contributed by atoms with Crippen LogP contribution in [0.1, 0.15) is 35.1 Å². The van der Waals surface area contributed by atoms with Gasteiger partial charge in [0, 0.05) is 43.9 Å². The summed E-state index contributed by atoms with van der Waals surface area (Å²) in [6, 6.07) is 13.6. The Labute approximate surface area is 253 Å². The van der Waals surface area contributed by atoms with Gasteiger partial charge in [0.1, 0.15) is 11.6 Å². The molecule has 0 atom stereocenters. The highest BCUT2D eigenvalue weighted by Gasteiger charge is 2.35. The third-order valence-corrected chi connectivity index (χ3v) is 7.85. The standard InChI is InChI=1S/C33H32F4N4O3/c1-39-13-15-40(16-14-39)11-3-4-12-41-28-8-7-24(34)20-25(28)26(32(41)42)17-22-5-10-30(31(19-22)43-2)44-29-9-6-23(21-38)18-27(29)33(35,36)37/h5-10,17-20H,3-4,11-16H2,1-2H3. The zero-order chi connectivity index (χ0) is 31.4. The highest BCUT2D eigenvalue weighted by atomic mass is 19.4. The van der Waals surface area contributed by atoms with E-state index < -0.39 is 23.3 Å². The molecule has 3 aromatic rings. The number of rotatable bonds is 9. The summed E-state index contributed by atoms with van der Waals surface area (Å²) < 4.78 is 66.3. The third-order valence-electron chi connectivity index (χ3n) is 7.85. The minimum absolute atomic E-state index is 0.0102. The second-order valence-corrected chi connectivity index (χ2v) is 10.9. The molecule has 0 aromatic heterocycles. The quantitative estimate of drug-likeness (QED) is 0.158. The van der Waals surface area contributed by atoms with Crippen molar-refractivity contribution in [1.82, 2.24) is 9.80 Å². The second kappa shape index (κ2) is 13.1. The lowest BCUT2D eigenvalue weighted by molar-refractivity contribution is -0.138. The smallest absolute Gasteiger partial charge is 0.420 e. The van der Waals surface area contributed by atoms with E-state index in [0.717, 1.165) is 57.7 Å². The van der Waals surface area contributed by atoms with Crippen LogP contribution in [0.2, 0.25) is 0 Å². The van der Waals surface area contributed by atoms with Crippen molar-refractivity contribution < 1.29 is 31.8 Å². The molecular formula is C33H32F4N4O3. The van der Waals surface area contributed by atoms with E-state index in [4.69, 9.17) is 14.7 Å². The van der Waals surface area contributed by atoms with Crippen molar-refractivity contribution in [2.75, 3.05) is 58.3 Å². The number of ether oxygens (including phenoxy) is 2. The molecule has 2 heterocycles. The zero-order valence-electron chi connectivity index (χ0n) is 24.5. The number of likely N-dealkylation sites (N-methyl/N-ethyl adjacent to an activating group) is 1. The van der Waals surface area contributed by atoms with Crippen LogP contribution in [-0.4, -0.2) is 69.1 Å². The number of anilines is 1. The average Bonchev–Trinajstić information content (AvgIpc) is 3.25. The van der Waals surface area contributed by atoms with Gasteiger partial charge in [-0.15, -0.1) is 0 Å². The Morgan fingerprint density at radius 3 is 2.36 bits per heavy atom. The van der Waals surface area contributed by atoms with Crippen LogP contribution in [-0.2, 0) is 11.0 Å². The molecule has 1 saturated heterocycles. The summed E-state index contributed by atoms with van der Waals surface area (Å²) >= 11 is 0. The van der Waals surface area contributed by atoms with Gasteiger partial charge in [-0.3, -0.25) is 4.79 Å². The van der Waals surface area contributed by atoms with E-state index in [2.05, 4.69) is 16.8 Å². The van der Waals surface area contributed by atoms with Gasteiger partial charge in [0.15, 0.2) is 11.5 Å². The normalized spacial score (nSPS) is 16.7. The maximum absolute atomic E-state index is 14.3. The summed E-state index contributed by atoms with van der Waals surface area (Å²) in [5.74, 6) is -1.07. The Hall–Kier alpha value is -4.40. The molecule has 3 aromatic carbocycles. The van der Waals surface area contributed by atoms with Crippen molar-refractivity contribution >= 4 is 23.2 Å². The monoisotopic (exact) mass is 608 g/mol. The predicted molar refractivity (Wildman–Crippen MR) is 159 cm³/mol. The van der Waals surface area contributed by atoms with Gasteiger partial charge in [0.25, 0.3) is 5.91 Å². The molecule has 0 unspecified atom stereocenters. The van der Waals surface area contributed by atoms with Crippen LogP contribution in [0.3, 0.4) is 0 Å². The number of halogens is 4. The second-order valence-electron chi connectivity index (χ2n) is 10.9. The first-order chi connectivity index (χ1) is 21.1. The number of amides is 1. The molecular weight excluding hydrogens is 576 g/mol. The Morgan fingerprint density at radius 1 is 0.932 bits per heavy atom. The summed E-state index contributed by atoms with van der Waals surface area (Å²) in [5.41, 5.74) is 0.681. The fourth-order valence-corrected chi connectivity index (χ4v) is 5.42. The molecule has 5 rings (SSSR count). The highest BCUT2D eigenvalue weighted by molar-refractivity contribution is 6.35. The van der Waals surface area contributed by atoms with Gasteiger partial charge in [0.05, 0.1) is 30.0 Å². The number of piperazine rings is 1. The van der Waals surface area contributed by atoms with Crippen molar-refractivity contribution in [2.45, 2.75) is 19.0 Å². The fraction of sp³-hybridized carbons (Fsp3) is 0.333. The zero-order valence-corrected chi connectivity index (χ0v) is 24.5. The predicted octanol–water partition coefficient (Wildman–Crippen LogP) is 6.43. The van der Waals surface area contributed by atoms with Crippen molar-refractivity contribution in [3.63, 3.8) is 0 Å². The lowest BCUT2D eigenvalue weighted by atomic mass is 10.0. The van der Waals surface area contributed by atoms with Gasteiger partial charge < -0.3 is 24.2 Å². The number of benzene rings is 3. The van der Waals surface area contributed by atoms with E-state index in [1.165, 1.54) is 37.4 Å². The van der Waals surface area contributed by atoms with Crippen LogP contribution < -0.4 is 14.4 Å². The molecule has 2 aliphatic heterocycles. The van der Waals surface area contributed by atoms with E-state index in [1.807, 2.05) is 0 Å². The number of fused-ring (bicyclic) bond motifs is 1. The number of carbonyl (C=O) groups is 1. The molecule has 0 N–H and O–H groups in total. The maximum Gasteiger partial charge on any atom is 0.420 e. The van der Waals surface area contributed by atoms with Crippen LogP contribution in [0.15, 0.2) is 54.6 Å². The number of nitriles is 1. The third kappa shape index (κ3) is 6.87. The number of hydrogen-bond donors (Lipinski definition) is 0. The molecule has 0 spiro atoms. The summed E-state index contributed by atoms with van der Waals surface area (Å²) in [5, 5.41) is 9.03. The SMILES string of the molecule is COc1cc(C=C2C(=O)N(CCCCN3CCN(C)CC3)c3ccc(F)cc32)ccc1Oc1ccc(C#N)cc1C(F)(F)F. The van der Waals surface area contributed by atoms with Crippen LogP contribution in [0.25, 0.3) is 11.6 Å². The first-order valence-corrected chi connectivity index (χ1v) is 14.3. The summed E-state index contributed by atoms with van der Waals surface area (Å²) in [7, 11) is 3.46. The largest absolute Gasteiger partial charge is 0.493 e. The van der Waals surface area contributed by atoms with Crippen LogP contribution >= 0.6 is 0 Å². The van der Waals surface area contributed by atoms with Crippen LogP contribution in [0, 0.1) is 17.1 Å². The van der Waals surface area contributed by atoms with E-state index in [1.54, 1.807) is 29.2 Å². The first-order valence-electron chi connectivity index (χ1n) is 14.3. The molecule has 2 aliphatic rings. The molecule has 0 aliphatic carbocycles. The molecule has 230 valence electrons. The molecule has 1 amide bonds. The summed E-state index contributed by atoms with van der Waals surface area (Å²) in [6.45, 7) is 5.58. The number of hydrogen-bond acceptors (Lipinski definition) is 6. The molecule has 1 fully saturated rings. The Kier molecular flexibility index (Phi) is 9.22. The maximum atomic E-state index is 14.3. The molecule has 0 saturated carbocycles. The lowest BCUT2D eigenvalue weighted by Crippen LogP contribution is -2.44. The van der Waals surface area contributed by atoms with E-state index in [-0.39, 0.29) is 23.0 Å². The van der Waals surface area contributed by atoms with Crippen molar-refractivity contribution in [1.29, 1.82) is 5.26 Å². The van der Waals surface area contributed by atoms with E-state index in [0.29, 0.717) is 28.9 Å². The van der Waals surface area contributed by atoms with Gasteiger partial charge in [0.2, 0.25) is 0 Å². The lowest BCUT2D eigenvalue weighted by Gasteiger charge is -2.32. The molecule has 0 radical (unpaired) electrons. The van der Waals surface area contributed by atoms with Crippen LogP contribution in [0.4, 0.5) is 23.2 Å². The summed E-state index contributed by atoms with van der Waals surface area (Å²) in [4.78, 5) is 20.0. The van der Waals surface area contributed by atoms with Crippen molar-refractivity contribution in [2.24, 2.45) is 0 Å². The Bertz CT molecular complexity index is 1610. The molecule has 7 nitrogen and oxygen atoms in total. The Morgan fingerprint density at radius 2 is 1.66 bits per heavy atom. The molecule has 0 bridgehead atoms. The van der Waals surface area contributed by atoms with Crippen molar-refractivity contribution in [3.05, 3.63) is 82.7 Å². The fourth-order valence-electron chi connectivity index (χ4n) is 5.42. The van der Waals surface area contributed by atoms with E-state index in [9.17, 15) is 22.4 Å². The topological polar surface area (TPSA) is 69.0 Å². The van der Waals surface area contributed by atoms with Gasteiger partial charge in [-0.1, -0.05) is 6.07 Å². The van der Waals surface area contributed by atoms with E-state index >= 15 is 0 Å². The molecule has 44 heavy (non-hydrogen) atoms. The van der Waals surface area contributed by atoms with Crippen molar-refractivity contribution in [3.8, 4) is 23.3 Å². The minimum Gasteiger partial charge on any atom is -0.493 e. The van der Waals surface area contributed by atoms with Gasteiger partial charge in [-0.05, 0) is 86.6 Å². The minimum atomic E-state index is -4.75. The number of nitrogens with zero attached hydrogens (tertiary/aromatic N) is 4. The molecule has 11 heteroatoms. The summed E-state index contributed by atoms with van der Waals surface area (Å²) in [6.07, 6.45) is -1.42. The number of alkyl halides is 3. The van der Waals surface area contributed by atoms with Gasteiger partial charge >= 0.3 is 6.18 Å². The first kappa shape index (κ1) is 31.0. The number of methoxy groups -OCH3 is 1. The number of carbonyl (C=O) groups excluding carboxylic acids is 1. The van der Waals surface area contributed by atoms with Crippen LogP contribution in [0.5, 0.6) is 17.2 Å². The van der Waals surface area contributed by atoms with Gasteiger partial charge in [-0.2, -0.15) is 18.4 Å². The highest BCUT2D eigenvalue weighted by Crippen LogP contribution is 2.42. The average molecular weight is 609 g/mol. The van der Waals surface area contributed by atoms with Gasteiger partial charge in [-0.25, -0.2) is 4.39 Å².